The molecular weight excluding hydrogens is 254 g/mol. The lowest BCUT2D eigenvalue weighted by Crippen LogP contribution is -2.23. The van der Waals surface area contributed by atoms with Gasteiger partial charge in [0.15, 0.2) is 5.70 Å². The molecule has 0 atom stereocenters. The van der Waals surface area contributed by atoms with Gasteiger partial charge in [-0.25, -0.2) is 0 Å². The second kappa shape index (κ2) is 6.84. The average Bonchev–Trinajstić information content (AvgIpc) is 2.38. The zero-order valence-corrected chi connectivity index (χ0v) is 12.6. The molecule has 20 heavy (non-hydrogen) atoms. The van der Waals surface area contributed by atoms with Gasteiger partial charge in [-0.2, -0.15) is 5.11 Å². The molecule has 0 spiro atoms. The third kappa shape index (κ3) is 4.19. The molecule has 0 unspecified atom stereocenters. The minimum Gasteiger partial charge on any atom is -0.510 e. The monoisotopic (exact) mass is 275 g/mol. The molecule has 1 rings (SSSR count). The number of amides is 1. The number of hydrogen-bond acceptors (Lipinski definition) is 4. The lowest BCUT2D eigenvalue weighted by Gasteiger charge is -2.10. The van der Waals surface area contributed by atoms with E-state index in [0.29, 0.717) is 11.6 Å². The Morgan fingerprint density at radius 3 is 2.15 bits per heavy atom. The Morgan fingerprint density at radius 2 is 1.75 bits per heavy atom. The van der Waals surface area contributed by atoms with Crippen LogP contribution in [-0.4, -0.2) is 30.0 Å². The molecule has 0 aliphatic carbocycles. The van der Waals surface area contributed by atoms with Crippen LogP contribution in [0.2, 0.25) is 0 Å². The summed E-state index contributed by atoms with van der Waals surface area (Å²) < 4.78 is 0. The highest BCUT2D eigenvalue weighted by molar-refractivity contribution is 5.92. The summed E-state index contributed by atoms with van der Waals surface area (Å²) in [6, 6.07) is 7.62. The maximum Gasteiger partial charge on any atom is 0.277 e. The van der Waals surface area contributed by atoms with Gasteiger partial charge >= 0.3 is 0 Å². The topological polar surface area (TPSA) is 65.3 Å². The first-order valence-electron chi connectivity index (χ1n) is 6.46. The predicted molar refractivity (Wildman–Crippen MR) is 79.1 cm³/mol. The van der Waals surface area contributed by atoms with Crippen LogP contribution < -0.4 is 0 Å². The number of benzene rings is 1. The van der Waals surface area contributed by atoms with Crippen molar-refractivity contribution in [1.82, 2.24) is 4.90 Å². The number of hydrogen-bond donors (Lipinski definition) is 1. The highest BCUT2D eigenvalue weighted by atomic mass is 16.3. The normalized spacial score (nSPS) is 12.7. The molecule has 1 amide bonds. The number of carbonyl (C=O) groups is 1. The molecule has 1 N–H and O–H groups in total. The molecule has 0 bridgehead atoms. The summed E-state index contributed by atoms with van der Waals surface area (Å²) in [5.41, 5.74) is 1.80. The van der Waals surface area contributed by atoms with E-state index in [-0.39, 0.29) is 17.4 Å². The van der Waals surface area contributed by atoms with Crippen molar-refractivity contribution in [3.8, 4) is 0 Å². The van der Waals surface area contributed by atoms with E-state index < -0.39 is 0 Å². The van der Waals surface area contributed by atoms with Crippen LogP contribution in [0.3, 0.4) is 0 Å². The van der Waals surface area contributed by atoms with E-state index in [1.54, 1.807) is 14.1 Å². The van der Waals surface area contributed by atoms with Crippen LogP contribution in [0, 0.1) is 0 Å². The Hall–Kier alpha value is -2.17. The van der Waals surface area contributed by atoms with Gasteiger partial charge in [0.1, 0.15) is 5.76 Å². The Bertz CT molecular complexity index is 525. The zero-order valence-electron chi connectivity index (χ0n) is 12.6. The van der Waals surface area contributed by atoms with E-state index in [2.05, 4.69) is 24.1 Å². The van der Waals surface area contributed by atoms with E-state index in [0.717, 1.165) is 0 Å². The summed E-state index contributed by atoms with van der Waals surface area (Å²) in [4.78, 5) is 13.1. The summed E-state index contributed by atoms with van der Waals surface area (Å²) in [6.45, 7) is 5.64. The first-order chi connectivity index (χ1) is 9.32. The summed E-state index contributed by atoms with van der Waals surface area (Å²) in [5.74, 6) is -0.0785. The standard InChI is InChI=1S/C15H21N3O2/c1-10(2)12-6-8-13(9-7-12)16-17-14(11(3)19)15(20)18(4)5/h6-10,19H,1-5H3. The predicted octanol–water partition coefficient (Wildman–Crippen LogP) is 3.77. The van der Waals surface area contributed by atoms with Gasteiger partial charge < -0.3 is 10.0 Å². The quantitative estimate of drug-likeness (QED) is 0.516. The molecule has 5 nitrogen and oxygen atoms in total. The van der Waals surface area contributed by atoms with Crippen LogP contribution in [-0.2, 0) is 4.79 Å². The van der Waals surface area contributed by atoms with Crippen molar-refractivity contribution >= 4 is 11.6 Å². The summed E-state index contributed by atoms with van der Waals surface area (Å²) in [6.07, 6.45) is 0. The smallest absolute Gasteiger partial charge is 0.277 e. The summed E-state index contributed by atoms with van der Waals surface area (Å²) >= 11 is 0. The first-order valence-corrected chi connectivity index (χ1v) is 6.46. The Labute approximate surface area is 119 Å². The van der Waals surface area contributed by atoms with Gasteiger partial charge in [-0.05, 0) is 30.5 Å². The van der Waals surface area contributed by atoms with Gasteiger partial charge in [0.05, 0.1) is 5.69 Å². The molecule has 0 aromatic heterocycles. The molecule has 1 aromatic carbocycles. The van der Waals surface area contributed by atoms with Crippen molar-refractivity contribution in [2.24, 2.45) is 10.2 Å². The third-order valence-electron chi connectivity index (χ3n) is 2.78. The molecule has 0 saturated heterocycles. The zero-order chi connectivity index (χ0) is 15.3. The molecule has 0 fully saturated rings. The number of rotatable bonds is 4. The van der Waals surface area contributed by atoms with Gasteiger partial charge in [-0.1, -0.05) is 26.0 Å². The lowest BCUT2D eigenvalue weighted by atomic mass is 10.0. The maximum absolute atomic E-state index is 11.8. The van der Waals surface area contributed by atoms with Crippen LogP contribution >= 0.6 is 0 Å². The average molecular weight is 275 g/mol. The molecule has 0 aliphatic rings. The molecular formula is C15H21N3O2. The second-order valence-electron chi connectivity index (χ2n) is 5.08. The van der Waals surface area contributed by atoms with Crippen molar-refractivity contribution in [3.63, 3.8) is 0 Å². The van der Waals surface area contributed by atoms with E-state index >= 15 is 0 Å². The van der Waals surface area contributed by atoms with E-state index in [1.165, 1.54) is 17.4 Å². The summed E-state index contributed by atoms with van der Waals surface area (Å²) in [5, 5.41) is 17.3. The van der Waals surface area contributed by atoms with Crippen LogP contribution in [0.15, 0.2) is 46.0 Å². The first kappa shape index (κ1) is 15.9. The fraction of sp³-hybridized carbons (Fsp3) is 0.400. The highest BCUT2D eigenvalue weighted by Crippen LogP contribution is 2.20. The largest absolute Gasteiger partial charge is 0.510 e. The lowest BCUT2D eigenvalue weighted by molar-refractivity contribution is -0.125. The number of azo groups is 1. The second-order valence-corrected chi connectivity index (χ2v) is 5.08. The van der Waals surface area contributed by atoms with Gasteiger partial charge in [-0.3, -0.25) is 4.79 Å². The van der Waals surface area contributed by atoms with Crippen LogP contribution in [0.1, 0.15) is 32.3 Å². The fourth-order valence-electron chi connectivity index (χ4n) is 1.52. The van der Waals surface area contributed by atoms with Gasteiger partial charge in [-0.15, -0.1) is 5.11 Å². The molecule has 1 aromatic rings. The highest BCUT2D eigenvalue weighted by Gasteiger charge is 2.14. The third-order valence-corrected chi connectivity index (χ3v) is 2.78. The van der Waals surface area contributed by atoms with Crippen molar-refractivity contribution in [2.45, 2.75) is 26.7 Å². The SMILES string of the molecule is CC(O)=C(N=Nc1ccc(C(C)C)cc1)C(=O)N(C)C. The Morgan fingerprint density at radius 1 is 1.20 bits per heavy atom. The van der Waals surface area contributed by atoms with Crippen LogP contribution in [0.4, 0.5) is 5.69 Å². The molecule has 0 saturated carbocycles. The molecule has 5 heteroatoms. The summed E-state index contributed by atoms with van der Waals surface area (Å²) in [7, 11) is 3.19. The van der Waals surface area contributed by atoms with Crippen molar-refractivity contribution < 1.29 is 9.90 Å². The number of aliphatic hydroxyl groups excluding tert-OH is 1. The van der Waals surface area contributed by atoms with E-state index in [1.807, 2.05) is 24.3 Å². The number of carbonyl (C=O) groups excluding carboxylic acids is 1. The molecule has 0 aliphatic heterocycles. The number of aliphatic hydroxyl groups is 1. The minimum absolute atomic E-state index is 0.0528. The fourth-order valence-corrected chi connectivity index (χ4v) is 1.52. The van der Waals surface area contributed by atoms with Crippen molar-refractivity contribution in [1.29, 1.82) is 0 Å². The minimum atomic E-state index is -0.382. The molecule has 0 radical (unpaired) electrons. The van der Waals surface area contributed by atoms with Gasteiger partial charge in [0.2, 0.25) is 0 Å². The van der Waals surface area contributed by atoms with Gasteiger partial charge in [0.25, 0.3) is 5.91 Å². The van der Waals surface area contributed by atoms with Crippen molar-refractivity contribution in [2.75, 3.05) is 14.1 Å². The number of nitrogens with zero attached hydrogens (tertiary/aromatic N) is 3. The molecule has 0 heterocycles. The maximum atomic E-state index is 11.8. The number of allylic oxidation sites excluding steroid dienone is 1. The van der Waals surface area contributed by atoms with E-state index in [4.69, 9.17) is 0 Å². The Kier molecular flexibility index (Phi) is 5.43. The number of likely N-dealkylation sites (N-methyl/N-ethyl adjacent to an activating group) is 1. The van der Waals surface area contributed by atoms with E-state index in [9.17, 15) is 9.90 Å². The van der Waals surface area contributed by atoms with Gasteiger partial charge in [0, 0.05) is 14.1 Å². The Balaban J connectivity index is 2.95. The molecule has 108 valence electrons. The van der Waals surface area contributed by atoms with Crippen LogP contribution in [0.25, 0.3) is 0 Å². The van der Waals surface area contributed by atoms with Crippen LogP contribution in [0.5, 0.6) is 0 Å². The van der Waals surface area contributed by atoms with Crippen molar-refractivity contribution in [3.05, 3.63) is 41.3 Å².